The molecule has 0 fully saturated rings. The van der Waals surface area contributed by atoms with E-state index in [1.807, 2.05) is 36.4 Å². The van der Waals surface area contributed by atoms with E-state index < -0.39 is 0 Å². The summed E-state index contributed by atoms with van der Waals surface area (Å²) >= 11 is 0. The van der Waals surface area contributed by atoms with Crippen molar-refractivity contribution < 1.29 is 0 Å². The number of hydrogen-bond acceptors (Lipinski definition) is 4. The van der Waals surface area contributed by atoms with Crippen LogP contribution in [0.5, 0.6) is 0 Å². The Hall–Kier alpha value is -7.50. The lowest BCUT2D eigenvalue weighted by molar-refractivity contribution is 1.18. The third-order valence-corrected chi connectivity index (χ3v) is 10.7. The highest BCUT2D eigenvalue weighted by atomic mass is 15.0. The summed E-state index contributed by atoms with van der Waals surface area (Å²) in [4.78, 5) is 19.7. The van der Waals surface area contributed by atoms with Crippen LogP contribution in [-0.4, -0.2) is 24.5 Å². The van der Waals surface area contributed by atoms with Crippen LogP contribution < -0.4 is 0 Å². The molecule has 5 heteroatoms. The first-order chi connectivity index (χ1) is 27.3. The molecular weight excluding hydrogens is 671 g/mol. The average molecular weight is 702 g/mol. The molecule has 55 heavy (non-hydrogen) atoms. The molecule has 5 nitrogen and oxygen atoms in total. The lowest BCUT2D eigenvalue weighted by Crippen LogP contribution is -1.96. The van der Waals surface area contributed by atoms with E-state index in [4.69, 9.17) is 19.9 Å². The monoisotopic (exact) mass is 701 g/mol. The second kappa shape index (κ2) is 12.6. The highest BCUT2D eigenvalue weighted by molar-refractivity contribution is 6.27. The van der Waals surface area contributed by atoms with E-state index in [0.717, 1.165) is 77.7 Å². The van der Waals surface area contributed by atoms with Gasteiger partial charge in [-0.3, -0.25) is 9.97 Å². The molecule has 11 aromatic rings. The summed E-state index contributed by atoms with van der Waals surface area (Å²) in [5.74, 6) is 0.697. The number of rotatable bonds is 5. The molecule has 0 unspecified atom stereocenters. The molecular formula is C50H31N5. The quantitative estimate of drug-likeness (QED) is 0.168. The minimum absolute atomic E-state index is 0.697. The molecule has 0 saturated carbocycles. The first-order valence-corrected chi connectivity index (χ1v) is 18.5. The fourth-order valence-electron chi connectivity index (χ4n) is 8.10. The van der Waals surface area contributed by atoms with E-state index in [-0.39, 0.29) is 0 Å². The number of benzene rings is 8. The Morgan fingerprint density at radius 2 is 0.909 bits per heavy atom. The second-order valence-electron chi connectivity index (χ2n) is 13.9. The highest BCUT2D eigenvalue weighted by Gasteiger charge is 2.18. The lowest BCUT2D eigenvalue weighted by atomic mass is 9.97. The number of para-hydroxylation sites is 1. The van der Waals surface area contributed by atoms with E-state index in [1.165, 1.54) is 21.5 Å². The normalized spacial score (nSPS) is 11.6. The Morgan fingerprint density at radius 3 is 1.62 bits per heavy atom. The first kappa shape index (κ1) is 31.1. The van der Waals surface area contributed by atoms with Gasteiger partial charge < -0.3 is 4.57 Å². The molecule has 0 aliphatic carbocycles. The second-order valence-corrected chi connectivity index (χ2v) is 13.9. The largest absolute Gasteiger partial charge is 0.309 e. The van der Waals surface area contributed by atoms with Crippen molar-refractivity contribution in [2.75, 3.05) is 0 Å². The van der Waals surface area contributed by atoms with Crippen molar-refractivity contribution in [3.05, 3.63) is 188 Å². The van der Waals surface area contributed by atoms with E-state index in [0.29, 0.717) is 5.82 Å². The van der Waals surface area contributed by atoms with Crippen molar-refractivity contribution in [2.24, 2.45) is 0 Å². The Labute approximate surface area is 316 Å². The molecule has 0 amide bonds. The van der Waals surface area contributed by atoms with E-state index in [9.17, 15) is 0 Å². The Morgan fingerprint density at radius 1 is 0.327 bits per heavy atom. The van der Waals surface area contributed by atoms with E-state index in [2.05, 4.69) is 144 Å². The van der Waals surface area contributed by atoms with Crippen LogP contribution >= 0.6 is 0 Å². The van der Waals surface area contributed by atoms with Gasteiger partial charge in [-0.2, -0.15) is 0 Å². The molecule has 11 rings (SSSR count). The fraction of sp³-hybridized carbons (Fsp3) is 0. The maximum absolute atomic E-state index is 5.04. The van der Waals surface area contributed by atoms with Crippen molar-refractivity contribution >= 4 is 54.4 Å². The van der Waals surface area contributed by atoms with Crippen LogP contribution in [0.3, 0.4) is 0 Å². The zero-order valence-electron chi connectivity index (χ0n) is 29.6. The van der Waals surface area contributed by atoms with Crippen molar-refractivity contribution in [1.29, 1.82) is 0 Å². The van der Waals surface area contributed by atoms with Gasteiger partial charge in [0.1, 0.15) is 0 Å². The molecule has 8 aromatic carbocycles. The SMILES string of the molecule is c1ccc(-c2cc(-c3ccccc3)nc(-c3ccc(-c4cccc(-n5c6ccccc6c6cc7c8ccccc8c8nccnc8c7cc65)c4)cc3)n2)cc1. The van der Waals surface area contributed by atoms with Gasteiger partial charge in [0.2, 0.25) is 0 Å². The van der Waals surface area contributed by atoms with Crippen LogP contribution in [0, 0.1) is 0 Å². The van der Waals surface area contributed by atoms with Crippen molar-refractivity contribution in [1.82, 2.24) is 24.5 Å². The maximum atomic E-state index is 5.04. The molecule has 0 saturated heterocycles. The van der Waals surface area contributed by atoms with Crippen LogP contribution in [0.15, 0.2) is 188 Å². The number of fused-ring (bicyclic) bond motifs is 9. The lowest BCUT2D eigenvalue weighted by Gasteiger charge is -2.13. The molecule has 0 spiro atoms. The summed E-state index contributed by atoms with van der Waals surface area (Å²) in [6.07, 6.45) is 3.57. The molecule has 0 atom stereocenters. The van der Waals surface area contributed by atoms with Crippen LogP contribution in [-0.2, 0) is 0 Å². The maximum Gasteiger partial charge on any atom is 0.160 e. The molecule has 256 valence electrons. The molecule has 0 bridgehead atoms. The van der Waals surface area contributed by atoms with Crippen molar-refractivity contribution in [3.8, 4) is 50.7 Å². The summed E-state index contributed by atoms with van der Waals surface area (Å²) in [7, 11) is 0. The molecule has 3 aromatic heterocycles. The van der Waals surface area contributed by atoms with Crippen molar-refractivity contribution in [3.63, 3.8) is 0 Å². The smallest absolute Gasteiger partial charge is 0.160 e. The average Bonchev–Trinajstić information content (AvgIpc) is 3.60. The number of nitrogens with zero attached hydrogens (tertiary/aromatic N) is 5. The third kappa shape index (κ3) is 5.17. The molecule has 0 N–H and O–H groups in total. The molecule has 3 heterocycles. The molecule has 0 radical (unpaired) electrons. The standard InChI is InChI=1S/C50H31N5/c1-3-12-33(13-4-1)44-31-45(34-14-5-2-6-15-34)54-50(53-44)35-24-22-32(23-25-35)36-16-11-17-37(28-36)55-46-21-10-9-19-39(46)42-29-41-38-18-7-8-20-40(38)48-49(52-27-26-51-48)43(41)30-47(42)55/h1-31H. The van der Waals surface area contributed by atoms with Gasteiger partial charge in [0.25, 0.3) is 0 Å². The zero-order valence-corrected chi connectivity index (χ0v) is 29.6. The summed E-state index contributed by atoms with van der Waals surface area (Å²) in [5, 5.41) is 7.00. The van der Waals surface area contributed by atoms with Gasteiger partial charge in [-0.1, -0.05) is 140 Å². The Kier molecular flexibility index (Phi) is 7.10. The predicted molar refractivity (Wildman–Crippen MR) is 226 cm³/mol. The number of aromatic nitrogens is 5. The van der Waals surface area contributed by atoms with E-state index >= 15 is 0 Å². The highest BCUT2D eigenvalue weighted by Crippen LogP contribution is 2.40. The summed E-state index contributed by atoms with van der Waals surface area (Å²) in [5.41, 5.74) is 12.3. The summed E-state index contributed by atoms with van der Waals surface area (Å²) in [6, 6.07) is 61.9. The van der Waals surface area contributed by atoms with E-state index in [1.54, 1.807) is 12.4 Å². The van der Waals surface area contributed by atoms with Crippen molar-refractivity contribution in [2.45, 2.75) is 0 Å². The molecule has 0 aliphatic rings. The van der Waals surface area contributed by atoms with Crippen LogP contribution in [0.4, 0.5) is 0 Å². The topological polar surface area (TPSA) is 56.5 Å². The zero-order chi connectivity index (χ0) is 36.3. The number of hydrogen-bond donors (Lipinski definition) is 0. The van der Waals surface area contributed by atoms with Gasteiger partial charge in [-0.05, 0) is 58.3 Å². The van der Waals surface area contributed by atoms with Gasteiger partial charge in [-0.25, -0.2) is 9.97 Å². The summed E-state index contributed by atoms with van der Waals surface area (Å²) in [6.45, 7) is 0. The minimum atomic E-state index is 0.697. The van der Waals surface area contributed by atoms with Gasteiger partial charge in [0, 0.05) is 56.3 Å². The van der Waals surface area contributed by atoms with Gasteiger partial charge >= 0.3 is 0 Å². The van der Waals surface area contributed by atoms with Gasteiger partial charge in [-0.15, -0.1) is 0 Å². The van der Waals surface area contributed by atoms with Gasteiger partial charge in [0.15, 0.2) is 5.82 Å². The molecule has 0 aliphatic heterocycles. The van der Waals surface area contributed by atoms with Crippen LogP contribution in [0.2, 0.25) is 0 Å². The Balaban J connectivity index is 1.04. The van der Waals surface area contributed by atoms with Gasteiger partial charge in [0.05, 0.1) is 33.5 Å². The predicted octanol–water partition coefficient (Wildman–Crippen LogP) is 12.5. The fourth-order valence-corrected chi connectivity index (χ4v) is 8.10. The first-order valence-electron chi connectivity index (χ1n) is 18.5. The third-order valence-electron chi connectivity index (χ3n) is 10.7. The van der Waals surface area contributed by atoms with Crippen LogP contribution in [0.25, 0.3) is 105 Å². The Bertz CT molecular complexity index is 3180. The summed E-state index contributed by atoms with van der Waals surface area (Å²) < 4.78 is 2.38. The minimum Gasteiger partial charge on any atom is -0.309 e. The van der Waals surface area contributed by atoms with Crippen LogP contribution in [0.1, 0.15) is 0 Å².